The second kappa shape index (κ2) is 7.03. The normalized spacial score (nSPS) is 16.0. The van der Waals surface area contributed by atoms with Gasteiger partial charge in [-0.25, -0.2) is 4.79 Å². The minimum atomic E-state index is -0.788. The Morgan fingerprint density at radius 1 is 1.15 bits per heavy atom. The van der Waals surface area contributed by atoms with Crippen molar-refractivity contribution < 1.29 is 5.11 Å². The van der Waals surface area contributed by atoms with Gasteiger partial charge in [0, 0.05) is 20.1 Å². The highest BCUT2D eigenvalue weighted by Gasteiger charge is 2.24. The Morgan fingerprint density at radius 2 is 1.85 bits per heavy atom. The van der Waals surface area contributed by atoms with E-state index < -0.39 is 17.4 Å². The molecule has 3 heterocycles. The summed E-state index contributed by atoms with van der Waals surface area (Å²) < 4.78 is 3.09. The lowest BCUT2D eigenvalue weighted by Gasteiger charge is -2.28. The number of hydrogen-bond acceptors (Lipinski definition) is 5. The Bertz CT molecular complexity index is 1060. The molecule has 2 N–H and O–H groups in total. The molecular formula is C19H23N5O3. The fourth-order valence-electron chi connectivity index (χ4n) is 3.68. The van der Waals surface area contributed by atoms with Crippen LogP contribution in [0.25, 0.3) is 11.2 Å². The SMILES string of the molecule is Cn1c(=O)[nH]c(=O)c2c1nc(N1CCCCC1)n2CC(O)c1ccccc1. The molecule has 27 heavy (non-hydrogen) atoms. The number of fused-ring (bicyclic) bond motifs is 1. The number of nitrogens with zero attached hydrogens (tertiary/aromatic N) is 4. The summed E-state index contributed by atoms with van der Waals surface area (Å²) >= 11 is 0. The predicted molar refractivity (Wildman–Crippen MR) is 103 cm³/mol. The molecule has 1 fully saturated rings. The third kappa shape index (κ3) is 3.16. The molecule has 142 valence electrons. The van der Waals surface area contributed by atoms with Gasteiger partial charge in [0.15, 0.2) is 11.2 Å². The zero-order valence-electron chi connectivity index (χ0n) is 15.3. The van der Waals surface area contributed by atoms with Crippen LogP contribution in [0.2, 0.25) is 0 Å². The Morgan fingerprint density at radius 3 is 2.56 bits per heavy atom. The number of rotatable bonds is 4. The van der Waals surface area contributed by atoms with Crippen molar-refractivity contribution in [3.63, 3.8) is 0 Å². The van der Waals surface area contributed by atoms with Crippen LogP contribution in [0, 0.1) is 0 Å². The van der Waals surface area contributed by atoms with Gasteiger partial charge in [-0.05, 0) is 24.8 Å². The van der Waals surface area contributed by atoms with Crippen LogP contribution in [-0.4, -0.2) is 37.3 Å². The fourth-order valence-corrected chi connectivity index (χ4v) is 3.68. The van der Waals surface area contributed by atoms with Crippen molar-refractivity contribution in [2.24, 2.45) is 7.05 Å². The van der Waals surface area contributed by atoms with E-state index in [0.29, 0.717) is 17.1 Å². The number of imidazole rings is 1. The van der Waals surface area contributed by atoms with Crippen LogP contribution in [0.4, 0.5) is 5.95 Å². The van der Waals surface area contributed by atoms with Gasteiger partial charge in [-0.3, -0.25) is 14.3 Å². The molecule has 1 saturated heterocycles. The van der Waals surface area contributed by atoms with Gasteiger partial charge in [-0.2, -0.15) is 4.98 Å². The van der Waals surface area contributed by atoms with Crippen LogP contribution >= 0.6 is 0 Å². The first-order valence-electron chi connectivity index (χ1n) is 9.24. The number of H-pyrrole nitrogens is 1. The zero-order chi connectivity index (χ0) is 19.0. The first kappa shape index (κ1) is 17.5. The molecule has 1 unspecified atom stereocenters. The van der Waals surface area contributed by atoms with Crippen LogP contribution < -0.4 is 16.1 Å². The first-order valence-corrected chi connectivity index (χ1v) is 9.24. The van der Waals surface area contributed by atoms with E-state index in [2.05, 4.69) is 14.9 Å². The fraction of sp³-hybridized carbons (Fsp3) is 0.421. The number of aryl methyl sites for hydroxylation is 1. The minimum Gasteiger partial charge on any atom is -0.387 e. The van der Waals surface area contributed by atoms with E-state index in [9.17, 15) is 14.7 Å². The summed E-state index contributed by atoms with van der Waals surface area (Å²) in [4.78, 5) is 33.6. The lowest BCUT2D eigenvalue weighted by Crippen LogP contribution is -2.33. The molecule has 1 aliphatic heterocycles. The Balaban J connectivity index is 1.86. The van der Waals surface area contributed by atoms with Crippen LogP contribution in [0.5, 0.6) is 0 Å². The van der Waals surface area contributed by atoms with E-state index in [1.54, 1.807) is 11.6 Å². The highest BCUT2D eigenvalue weighted by atomic mass is 16.3. The van der Waals surface area contributed by atoms with Crippen LogP contribution in [0.3, 0.4) is 0 Å². The molecule has 1 aliphatic rings. The third-order valence-corrected chi connectivity index (χ3v) is 5.17. The van der Waals surface area contributed by atoms with Gasteiger partial charge in [0.2, 0.25) is 5.95 Å². The summed E-state index contributed by atoms with van der Waals surface area (Å²) in [5.41, 5.74) is 0.442. The Kier molecular flexibility index (Phi) is 4.57. The van der Waals surface area contributed by atoms with Gasteiger partial charge >= 0.3 is 5.69 Å². The number of hydrogen-bond donors (Lipinski definition) is 2. The molecule has 8 nitrogen and oxygen atoms in total. The number of aliphatic hydroxyl groups excluding tert-OH is 1. The van der Waals surface area contributed by atoms with Crippen molar-refractivity contribution in [2.45, 2.75) is 31.9 Å². The zero-order valence-corrected chi connectivity index (χ0v) is 15.3. The standard InChI is InChI=1S/C19H23N5O3/c1-22-16-15(17(26)21-19(22)27)24(12-14(25)13-8-4-2-5-9-13)18(20-16)23-10-6-3-7-11-23/h2,4-5,8-9,14,25H,3,6-7,10-12H2,1H3,(H,21,26,27). The van der Waals surface area contributed by atoms with Gasteiger partial charge in [-0.15, -0.1) is 0 Å². The average molecular weight is 369 g/mol. The molecule has 2 aromatic heterocycles. The van der Waals surface area contributed by atoms with Gasteiger partial charge in [0.25, 0.3) is 5.56 Å². The van der Waals surface area contributed by atoms with E-state index in [-0.39, 0.29) is 6.54 Å². The number of aliphatic hydroxyl groups is 1. The molecule has 0 amide bonds. The number of aromatic amines is 1. The molecule has 0 aliphatic carbocycles. The van der Waals surface area contributed by atoms with Gasteiger partial charge in [0.1, 0.15) is 0 Å². The topological polar surface area (TPSA) is 96.1 Å². The Labute approximate surface area is 155 Å². The lowest BCUT2D eigenvalue weighted by atomic mass is 10.1. The summed E-state index contributed by atoms with van der Waals surface area (Å²) in [5.74, 6) is 0.631. The molecule has 0 spiro atoms. The molecular weight excluding hydrogens is 346 g/mol. The van der Waals surface area contributed by atoms with Crippen molar-refractivity contribution in [2.75, 3.05) is 18.0 Å². The molecule has 0 bridgehead atoms. The summed E-state index contributed by atoms with van der Waals surface area (Å²) in [6.45, 7) is 1.88. The number of aromatic nitrogens is 4. The van der Waals surface area contributed by atoms with Gasteiger partial charge < -0.3 is 14.6 Å². The highest BCUT2D eigenvalue weighted by molar-refractivity contribution is 5.74. The van der Waals surface area contributed by atoms with Crippen molar-refractivity contribution in [1.82, 2.24) is 19.1 Å². The monoisotopic (exact) mass is 369 g/mol. The van der Waals surface area contributed by atoms with E-state index in [1.807, 2.05) is 30.3 Å². The van der Waals surface area contributed by atoms with Crippen molar-refractivity contribution in [1.29, 1.82) is 0 Å². The first-order chi connectivity index (χ1) is 13.1. The third-order valence-electron chi connectivity index (χ3n) is 5.17. The second-order valence-electron chi connectivity index (χ2n) is 6.99. The number of piperidine rings is 1. The number of benzene rings is 1. The maximum Gasteiger partial charge on any atom is 0.329 e. The average Bonchev–Trinajstić information content (AvgIpc) is 3.07. The van der Waals surface area contributed by atoms with Gasteiger partial charge in [-0.1, -0.05) is 30.3 Å². The quantitative estimate of drug-likeness (QED) is 0.719. The summed E-state index contributed by atoms with van der Waals surface area (Å²) in [5, 5.41) is 10.7. The summed E-state index contributed by atoms with van der Waals surface area (Å²) in [6.07, 6.45) is 2.49. The van der Waals surface area contributed by atoms with Crippen molar-refractivity contribution in [3.05, 3.63) is 56.7 Å². The molecule has 3 aromatic rings. The largest absolute Gasteiger partial charge is 0.387 e. The number of anilines is 1. The highest BCUT2D eigenvalue weighted by Crippen LogP contribution is 2.26. The Hall–Kier alpha value is -2.87. The smallest absolute Gasteiger partial charge is 0.329 e. The molecule has 0 radical (unpaired) electrons. The van der Waals surface area contributed by atoms with E-state index in [0.717, 1.165) is 31.5 Å². The summed E-state index contributed by atoms with van der Waals surface area (Å²) in [6, 6.07) is 9.33. The maximum atomic E-state index is 12.6. The summed E-state index contributed by atoms with van der Waals surface area (Å²) in [7, 11) is 1.59. The van der Waals surface area contributed by atoms with Gasteiger partial charge in [0.05, 0.1) is 12.6 Å². The molecule has 1 atom stereocenters. The van der Waals surface area contributed by atoms with Crippen LogP contribution in [0.1, 0.15) is 30.9 Å². The van der Waals surface area contributed by atoms with Crippen molar-refractivity contribution >= 4 is 17.1 Å². The van der Waals surface area contributed by atoms with Crippen LogP contribution in [-0.2, 0) is 13.6 Å². The molecule has 1 aromatic carbocycles. The minimum absolute atomic E-state index is 0.188. The molecule has 4 rings (SSSR count). The molecule has 0 saturated carbocycles. The molecule has 8 heteroatoms. The van der Waals surface area contributed by atoms with E-state index in [4.69, 9.17) is 0 Å². The lowest BCUT2D eigenvalue weighted by molar-refractivity contribution is 0.158. The maximum absolute atomic E-state index is 12.6. The van der Waals surface area contributed by atoms with E-state index >= 15 is 0 Å². The number of nitrogens with one attached hydrogen (secondary N) is 1. The predicted octanol–water partition coefficient (Wildman–Crippen LogP) is 1.15. The van der Waals surface area contributed by atoms with E-state index in [1.165, 1.54) is 11.0 Å². The van der Waals surface area contributed by atoms with Crippen molar-refractivity contribution in [3.8, 4) is 0 Å². The van der Waals surface area contributed by atoms with Crippen LogP contribution in [0.15, 0.2) is 39.9 Å². The second-order valence-corrected chi connectivity index (χ2v) is 6.99.